The SMILES string of the molecule is [O-2].c1cc[nH+]cc1.c1cc[nH+]cc1. The molecule has 2 rings (SSSR count). The fraction of sp³-hybridized carbons (Fsp3) is 0. The van der Waals surface area contributed by atoms with Crippen molar-refractivity contribution in [2.24, 2.45) is 0 Å². The second-order valence-corrected chi connectivity index (χ2v) is 2.15. The average molecular weight is 176 g/mol. The van der Waals surface area contributed by atoms with Gasteiger partial charge in [-0.05, 0) is 0 Å². The Hall–Kier alpha value is -1.74. The zero-order valence-corrected chi connectivity index (χ0v) is 7.18. The normalized spacial score (nSPS) is 7.38. The first-order valence-corrected chi connectivity index (χ1v) is 3.82. The quantitative estimate of drug-likeness (QED) is 0.572. The zero-order chi connectivity index (χ0) is 8.49. The molecule has 0 aliphatic carbocycles. The van der Waals surface area contributed by atoms with E-state index in [2.05, 4.69) is 9.97 Å². The molecule has 0 saturated heterocycles. The molecular weight excluding hydrogens is 164 g/mol. The lowest BCUT2D eigenvalue weighted by atomic mass is 10.5. The molecule has 2 aromatic rings. The van der Waals surface area contributed by atoms with E-state index in [1.807, 2.05) is 61.2 Å². The number of rotatable bonds is 0. The van der Waals surface area contributed by atoms with Gasteiger partial charge in [-0.15, -0.1) is 0 Å². The number of pyridine rings is 2. The van der Waals surface area contributed by atoms with Gasteiger partial charge in [0.1, 0.15) is 0 Å². The molecule has 0 spiro atoms. The first kappa shape index (κ1) is 11.3. The highest BCUT2D eigenvalue weighted by molar-refractivity contribution is 4.83. The molecule has 68 valence electrons. The van der Waals surface area contributed by atoms with Crippen LogP contribution in [-0.4, -0.2) is 0 Å². The summed E-state index contributed by atoms with van der Waals surface area (Å²) in [6, 6.07) is 11.7. The monoisotopic (exact) mass is 176 g/mol. The van der Waals surface area contributed by atoms with Crippen molar-refractivity contribution in [3.8, 4) is 0 Å². The van der Waals surface area contributed by atoms with Crippen LogP contribution in [0.2, 0.25) is 0 Å². The molecule has 0 aliphatic heterocycles. The van der Waals surface area contributed by atoms with Crippen molar-refractivity contribution in [3.63, 3.8) is 0 Å². The number of aromatic amines is 2. The van der Waals surface area contributed by atoms with Crippen molar-refractivity contribution in [1.29, 1.82) is 0 Å². The molecule has 0 bridgehead atoms. The molecule has 0 fully saturated rings. The van der Waals surface area contributed by atoms with Crippen LogP contribution in [0, 0.1) is 0 Å². The van der Waals surface area contributed by atoms with Gasteiger partial charge in [0.2, 0.25) is 0 Å². The van der Waals surface area contributed by atoms with Gasteiger partial charge in [-0.2, -0.15) is 0 Å². The third-order valence-electron chi connectivity index (χ3n) is 1.21. The van der Waals surface area contributed by atoms with E-state index >= 15 is 0 Å². The van der Waals surface area contributed by atoms with Gasteiger partial charge in [0.25, 0.3) is 0 Å². The Morgan fingerprint density at radius 1 is 0.462 bits per heavy atom. The summed E-state index contributed by atoms with van der Waals surface area (Å²) in [4.78, 5) is 5.78. The summed E-state index contributed by atoms with van der Waals surface area (Å²) in [7, 11) is 0. The first-order chi connectivity index (χ1) is 6.00. The second-order valence-electron chi connectivity index (χ2n) is 2.15. The van der Waals surface area contributed by atoms with E-state index in [0.717, 1.165) is 0 Å². The number of H-pyrrole nitrogens is 2. The Morgan fingerprint density at radius 3 is 0.846 bits per heavy atom. The minimum atomic E-state index is 0. The molecule has 2 N–H and O–H groups in total. The van der Waals surface area contributed by atoms with Crippen LogP contribution in [0.1, 0.15) is 0 Å². The molecule has 3 nitrogen and oxygen atoms in total. The Balaban J connectivity index is 0.000000206. The molecule has 0 amide bonds. The highest BCUT2D eigenvalue weighted by Crippen LogP contribution is 1.68. The van der Waals surface area contributed by atoms with Gasteiger partial charge in [0.15, 0.2) is 24.8 Å². The maximum atomic E-state index is 2.89. The summed E-state index contributed by atoms with van der Waals surface area (Å²) in [5.74, 6) is 0. The lowest BCUT2D eigenvalue weighted by Gasteiger charge is -2.00. The number of aromatic nitrogens is 2. The van der Waals surface area contributed by atoms with Crippen molar-refractivity contribution in [3.05, 3.63) is 61.2 Å². The minimum Gasteiger partial charge on any atom is -2.00 e. The molecule has 2 heterocycles. The third kappa shape index (κ3) is 6.65. The Kier molecular flexibility index (Phi) is 7.24. The average Bonchev–Trinajstić information content (AvgIpc) is 2.24. The molecule has 2 aromatic heterocycles. The molecule has 3 heteroatoms. The van der Waals surface area contributed by atoms with Crippen LogP contribution in [0.4, 0.5) is 0 Å². The van der Waals surface area contributed by atoms with Crippen molar-refractivity contribution >= 4 is 0 Å². The standard InChI is InChI=1S/2C5H5N.O/c2*1-2-4-6-5-3-1;/h2*1-5H;/q;;-2/p+2. The van der Waals surface area contributed by atoms with E-state index in [4.69, 9.17) is 0 Å². The van der Waals surface area contributed by atoms with E-state index < -0.39 is 0 Å². The molecule has 0 aromatic carbocycles. The predicted molar refractivity (Wildman–Crippen MR) is 46.7 cm³/mol. The van der Waals surface area contributed by atoms with Gasteiger partial charge < -0.3 is 5.48 Å². The minimum absolute atomic E-state index is 0. The summed E-state index contributed by atoms with van der Waals surface area (Å²) in [6.45, 7) is 0. The maximum absolute atomic E-state index is 2.89. The van der Waals surface area contributed by atoms with Gasteiger partial charge in [0.05, 0.1) is 0 Å². The van der Waals surface area contributed by atoms with Crippen LogP contribution in [-0.2, 0) is 5.48 Å². The van der Waals surface area contributed by atoms with Crippen LogP contribution in [0.25, 0.3) is 0 Å². The van der Waals surface area contributed by atoms with Crippen molar-refractivity contribution in [2.75, 3.05) is 0 Å². The Bertz CT molecular complexity index is 188. The van der Waals surface area contributed by atoms with Crippen LogP contribution in [0.3, 0.4) is 0 Å². The van der Waals surface area contributed by atoms with Gasteiger partial charge in [-0.1, -0.05) is 12.1 Å². The third-order valence-corrected chi connectivity index (χ3v) is 1.21. The summed E-state index contributed by atoms with van der Waals surface area (Å²) >= 11 is 0. The summed E-state index contributed by atoms with van der Waals surface area (Å²) in [5, 5.41) is 0. The molecule has 0 saturated carbocycles. The van der Waals surface area contributed by atoms with Gasteiger partial charge in [-0.3, -0.25) is 0 Å². The van der Waals surface area contributed by atoms with Crippen LogP contribution in [0.15, 0.2) is 61.2 Å². The number of hydrogen-bond donors (Lipinski definition) is 0. The van der Waals surface area contributed by atoms with E-state index in [9.17, 15) is 0 Å². The summed E-state index contributed by atoms with van der Waals surface area (Å²) in [5.41, 5.74) is 0. The lowest BCUT2D eigenvalue weighted by Crippen LogP contribution is -1.93. The summed E-state index contributed by atoms with van der Waals surface area (Å²) in [6.07, 6.45) is 7.50. The van der Waals surface area contributed by atoms with Crippen LogP contribution < -0.4 is 9.97 Å². The highest BCUT2D eigenvalue weighted by atomic mass is 16.0. The number of nitrogens with one attached hydrogen (secondary N) is 2. The largest absolute Gasteiger partial charge is 2.00 e. The molecule has 0 atom stereocenters. The first-order valence-electron chi connectivity index (χ1n) is 3.82. The van der Waals surface area contributed by atoms with E-state index in [1.165, 1.54) is 0 Å². The van der Waals surface area contributed by atoms with E-state index in [-0.39, 0.29) is 5.48 Å². The topological polar surface area (TPSA) is 56.8 Å². The number of hydrogen-bond acceptors (Lipinski definition) is 0. The van der Waals surface area contributed by atoms with Crippen molar-refractivity contribution in [2.45, 2.75) is 0 Å². The highest BCUT2D eigenvalue weighted by Gasteiger charge is 1.66. The van der Waals surface area contributed by atoms with Gasteiger partial charge in [-0.25, -0.2) is 9.97 Å². The molecule has 13 heavy (non-hydrogen) atoms. The molecular formula is C10H12N2O. The van der Waals surface area contributed by atoms with Gasteiger partial charge >= 0.3 is 0 Å². The smallest absolute Gasteiger partial charge is 0.166 e. The Morgan fingerprint density at radius 2 is 0.769 bits per heavy atom. The molecule has 0 radical (unpaired) electrons. The van der Waals surface area contributed by atoms with Gasteiger partial charge in [0, 0.05) is 24.3 Å². The second kappa shape index (κ2) is 8.36. The predicted octanol–water partition coefficient (Wildman–Crippen LogP) is 0.883. The van der Waals surface area contributed by atoms with Crippen LogP contribution in [0.5, 0.6) is 0 Å². The fourth-order valence-electron chi connectivity index (χ4n) is 0.684. The van der Waals surface area contributed by atoms with Crippen molar-refractivity contribution in [1.82, 2.24) is 0 Å². The van der Waals surface area contributed by atoms with Crippen LogP contribution >= 0.6 is 0 Å². The molecule has 0 aliphatic rings. The Labute approximate surface area is 77.4 Å². The zero-order valence-electron chi connectivity index (χ0n) is 7.18. The van der Waals surface area contributed by atoms with Crippen molar-refractivity contribution < 1.29 is 15.4 Å². The van der Waals surface area contributed by atoms with E-state index in [1.54, 1.807) is 0 Å². The fourth-order valence-corrected chi connectivity index (χ4v) is 0.684. The maximum Gasteiger partial charge on any atom is 0.166 e. The lowest BCUT2D eigenvalue weighted by molar-refractivity contribution is -0.378. The summed E-state index contributed by atoms with van der Waals surface area (Å²) < 4.78 is 0. The van der Waals surface area contributed by atoms with E-state index in [0.29, 0.717) is 0 Å². The molecule has 0 unspecified atom stereocenters.